The van der Waals surface area contributed by atoms with Crippen LogP contribution >= 0.6 is 23.7 Å². The van der Waals surface area contributed by atoms with Crippen LogP contribution in [0.1, 0.15) is 0 Å². The molecule has 0 atom stereocenters. The van der Waals surface area contributed by atoms with Gasteiger partial charge in [0.1, 0.15) is 11.6 Å². The van der Waals surface area contributed by atoms with Gasteiger partial charge in [-0.3, -0.25) is 14.6 Å². The number of benzene rings is 2. The van der Waals surface area contributed by atoms with Crippen molar-refractivity contribution in [3.8, 4) is 5.75 Å². The van der Waals surface area contributed by atoms with E-state index in [2.05, 4.69) is 9.88 Å². The fraction of sp³-hybridized carbons (Fsp3) is 0.364. The fourth-order valence-electron chi connectivity index (χ4n) is 3.39. The van der Waals surface area contributed by atoms with Crippen LogP contribution in [0.2, 0.25) is 0 Å². The lowest BCUT2D eigenvalue weighted by molar-refractivity contribution is -0.120. The van der Waals surface area contributed by atoms with Gasteiger partial charge in [-0.1, -0.05) is 11.3 Å². The van der Waals surface area contributed by atoms with Gasteiger partial charge in [0.05, 0.1) is 28.3 Å². The van der Waals surface area contributed by atoms with Gasteiger partial charge in [0.15, 0.2) is 21.6 Å². The number of anilines is 1. The topological polar surface area (TPSA) is 89.0 Å². The Morgan fingerprint density at radius 2 is 1.91 bits per heavy atom. The molecule has 34 heavy (non-hydrogen) atoms. The normalized spacial score (nSPS) is 14.5. The maximum atomic E-state index is 13.1. The molecule has 1 saturated heterocycles. The van der Waals surface area contributed by atoms with Crippen LogP contribution in [0.4, 0.5) is 9.52 Å². The second-order valence-electron chi connectivity index (χ2n) is 7.64. The lowest BCUT2D eigenvalue weighted by Gasteiger charge is -2.29. The average molecular weight is 530 g/mol. The molecule has 0 unspecified atom stereocenters. The molecule has 4 rings (SSSR count). The molecule has 0 aliphatic carbocycles. The summed E-state index contributed by atoms with van der Waals surface area (Å²) in [6, 6.07) is 10.2. The minimum absolute atomic E-state index is 0. The van der Waals surface area contributed by atoms with Gasteiger partial charge >= 0.3 is 0 Å². The Morgan fingerprint density at radius 3 is 2.59 bits per heavy atom. The molecular weight excluding hydrogens is 505 g/mol. The number of aromatic nitrogens is 1. The molecular formula is C22H25ClFN3O5S2. The summed E-state index contributed by atoms with van der Waals surface area (Å²) in [5.41, 5.74) is 0.617. The number of halogens is 2. The predicted octanol–water partition coefficient (Wildman–Crippen LogP) is 3.00. The predicted molar refractivity (Wildman–Crippen MR) is 131 cm³/mol. The van der Waals surface area contributed by atoms with Crippen molar-refractivity contribution in [2.75, 3.05) is 57.2 Å². The molecule has 3 aromatic rings. The van der Waals surface area contributed by atoms with Crippen LogP contribution in [0.5, 0.6) is 5.75 Å². The highest BCUT2D eigenvalue weighted by Crippen LogP contribution is 2.31. The molecule has 0 bridgehead atoms. The summed E-state index contributed by atoms with van der Waals surface area (Å²) in [5.74, 6) is -0.293. The summed E-state index contributed by atoms with van der Waals surface area (Å²) in [4.78, 5) is 21.7. The molecule has 0 spiro atoms. The number of rotatable bonds is 8. The second-order valence-corrected chi connectivity index (χ2v) is 10.7. The van der Waals surface area contributed by atoms with Gasteiger partial charge < -0.3 is 9.47 Å². The van der Waals surface area contributed by atoms with Crippen molar-refractivity contribution in [3.05, 3.63) is 48.3 Å². The first-order valence-corrected chi connectivity index (χ1v) is 13.1. The van der Waals surface area contributed by atoms with Gasteiger partial charge in [0.25, 0.3) is 5.91 Å². The Hall–Kier alpha value is -2.31. The number of carbonyl (C=O) groups excluding carboxylic acids is 1. The minimum atomic E-state index is -3.36. The number of thiazole rings is 1. The van der Waals surface area contributed by atoms with Crippen molar-refractivity contribution in [1.29, 1.82) is 0 Å². The number of morpholine rings is 1. The van der Waals surface area contributed by atoms with Crippen molar-refractivity contribution in [3.63, 3.8) is 0 Å². The molecule has 2 aromatic carbocycles. The Bertz CT molecular complexity index is 1230. The monoisotopic (exact) mass is 529 g/mol. The highest BCUT2D eigenvalue weighted by Gasteiger charge is 2.22. The molecule has 184 valence electrons. The van der Waals surface area contributed by atoms with Crippen molar-refractivity contribution in [2.45, 2.75) is 4.90 Å². The minimum Gasteiger partial charge on any atom is -0.484 e. The maximum absolute atomic E-state index is 13.1. The third-order valence-electron chi connectivity index (χ3n) is 5.23. The highest BCUT2D eigenvalue weighted by molar-refractivity contribution is 7.90. The summed E-state index contributed by atoms with van der Waals surface area (Å²) >= 11 is 1.26. The Morgan fingerprint density at radius 1 is 1.21 bits per heavy atom. The fourth-order valence-corrected chi connectivity index (χ4v) is 5.16. The zero-order valence-corrected chi connectivity index (χ0v) is 20.9. The van der Waals surface area contributed by atoms with E-state index in [9.17, 15) is 17.6 Å². The lowest BCUT2D eigenvalue weighted by atomic mass is 10.3. The van der Waals surface area contributed by atoms with E-state index in [0.717, 1.165) is 19.3 Å². The van der Waals surface area contributed by atoms with Crippen LogP contribution in [0.3, 0.4) is 0 Å². The first kappa shape index (κ1) is 26.3. The number of amides is 1. The third kappa shape index (κ3) is 6.63. The summed E-state index contributed by atoms with van der Waals surface area (Å²) in [7, 11) is -3.36. The maximum Gasteiger partial charge on any atom is 0.266 e. The van der Waals surface area contributed by atoms with E-state index >= 15 is 0 Å². The number of sulfone groups is 1. The van der Waals surface area contributed by atoms with Gasteiger partial charge in [0.2, 0.25) is 0 Å². The van der Waals surface area contributed by atoms with Crippen LogP contribution < -0.4 is 9.64 Å². The quantitative estimate of drug-likeness (QED) is 0.443. The van der Waals surface area contributed by atoms with E-state index in [1.807, 2.05) is 0 Å². The Balaban J connectivity index is 0.00000324. The van der Waals surface area contributed by atoms with Crippen molar-refractivity contribution >= 4 is 54.8 Å². The molecule has 1 aliphatic heterocycles. The van der Waals surface area contributed by atoms with Crippen LogP contribution in [0.15, 0.2) is 47.4 Å². The first-order chi connectivity index (χ1) is 15.8. The van der Waals surface area contributed by atoms with Crippen LogP contribution in [0, 0.1) is 5.82 Å². The van der Waals surface area contributed by atoms with Gasteiger partial charge in [-0.2, -0.15) is 0 Å². The molecule has 0 N–H and O–H groups in total. The largest absolute Gasteiger partial charge is 0.484 e. The van der Waals surface area contributed by atoms with Gasteiger partial charge in [0, 0.05) is 32.4 Å². The van der Waals surface area contributed by atoms with E-state index < -0.39 is 9.84 Å². The van der Waals surface area contributed by atoms with Crippen LogP contribution in [-0.4, -0.2) is 76.5 Å². The van der Waals surface area contributed by atoms with E-state index in [0.29, 0.717) is 47.4 Å². The summed E-state index contributed by atoms with van der Waals surface area (Å²) in [6.07, 6.45) is 1.15. The van der Waals surface area contributed by atoms with Crippen molar-refractivity contribution in [1.82, 2.24) is 9.88 Å². The number of ether oxygens (including phenoxy) is 2. The molecule has 1 aromatic heterocycles. The molecule has 1 amide bonds. The van der Waals surface area contributed by atoms with E-state index in [4.69, 9.17) is 9.47 Å². The van der Waals surface area contributed by atoms with E-state index in [1.54, 1.807) is 17.0 Å². The molecule has 1 fully saturated rings. The number of hydrogen-bond acceptors (Lipinski definition) is 8. The molecule has 8 nitrogen and oxygen atoms in total. The van der Waals surface area contributed by atoms with Crippen LogP contribution in [-0.2, 0) is 19.4 Å². The Kier molecular flexibility index (Phi) is 8.83. The number of fused-ring (bicyclic) bond motifs is 1. The molecule has 2 heterocycles. The third-order valence-corrected chi connectivity index (χ3v) is 7.38. The average Bonchev–Trinajstić information content (AvgIpc) is 3.22. The number of hydrogen-bond donors (Lipinski definition) is 0. The van der Waals surface area contributed by atoms with Gasteiger partial charge in [-0.15, -0.1) is 12.4 Å². The summed E-state index contributed by atoms with van der Waals surface area (Å²) in [5, 5.41) is 0.469. The summed E-state index contributed by atoms with van der Waals surface area (Å²) < 4.78 is 48.6. The zero-order chi connectivity index (χ0) is 23.4. The molecule has 0 radical (unpaired) electrons. The molecule has 12 heteroatoms. The van der Waals surface area contributed by atoms with E-state index in [-0.39, 0.29) is 35.6 Å². The second kappa shape index (κ2) is 11.4. The Labute approximate surface area is 207 Å². The number of carbonyl (C=O) groups is 1. The summed E-state index contributed by atoms with van der Waals surface area (Å²) in [6.45, 7) is 3.66. The smallest absolute Gasteiger partial charge is 0.266 e. The van der Waals surface area contributed by atoms with Gasteiger partial charge in [-0.25, -0.2) is 17.8 Å². The zero-order valence-electron chi connectivity index (χ0n) is 18.5. The first-order valence-electron chi connectivity index (χ1n) is 10.4. The van der Waals surface area contributed by atoms with Crippen molar-refractivity contribution < 1.29 is 27.1 Å². The SMILES string of the molecule is CS(=O)(=O)c1ccc2nc(N(CCN3CCOCC3)C(=O)COc3ccc(F)cc3)sc2c1.Cl. The molecule has 1 aliphatic rings. The lowest BCUT2D eigenvalue weighted by Crippen LogP contribution is -2.44. The number of nitrogens with zero attached hydrogens (tertiary/aromatic N) is 3. The van der Waals surface area contributed by atoms with Crippen molar-refractivity contribution in [2.24, 2.45) is 0 Å². The van der Waals surface area contributed by atoms with Crippen LogP contribution in [0.25, 0.3) is 10.2 Å². The highest BCUT2D eigenvalue weighted by atomic mass is 35.5. The van der Waals surface area contributed by atoms with E-state index in [1.165, 1.54) is 41.7 Å². The molecule has 0 saturated carbocycles. The van der Waals surface area contributed by atoms with Gasteiger partial charge in [-0.05, 0) is 42.5 Å². The standard InChI is InChI=1S/C22H24FN3O5S2.ClH/c1-33(28,29)18-6-7-19-20(14-18)32-22(24-19)26(9-8-25-10-12-30-13-11-25)21(27)15-31-17-4-2-16(23)3-5-17;/h2-7,14H,8-13,15H2,1H3;1H.